The number of carboxylic acids is 1. The summed E-state index contributed by atoms with van der Waals surface area (Å²) in [7, 11) is 4.48. The van der Waals surface area contributed by atoms with Crippen molar-refractivity contribution in [1.82, 2.24) is 5.32 Å². The van der Waals surface area contributed by atoms with E-state index in [9.17, 15) is 9.59 Å². The van der Waals surface area contributed by atoms with Gasteiger partial charge in [-0.2, -0.15) is 0 Å². The van der Waals surface area contributed by atoms with E-state index in [1.54, 1.807) is 12.1 Å². The molecule has 0 aliphatic rings. The van der Waals surface area contributed by atoms with Crippen LogP contribution >= 0.6 is 0 Å². The largest absolute Gasteiger partial charge is 0.493 e. The molecule has 1 aromatic rings. The summed E-state index contributed by atoms with van der Waals surface area (Å²) >= 11 is 0. The van der Waals surface area contributed by atoms with Crippen molar-refractivity contribution in [2.24, 2.45) is 0 Å². The number of benzene rings is 1. The van der Waals surface area contributed by atoms with Crippen molar-refractivity contribution in [3.05, 3.63) is 23.8 Å². The molecular formula is C14H17NO6. The lowest BCUT2D eigenvalue weighted by Gasteiger charge is -2.12. The van der Waals surface area contributed by atoms with Gasteiger partial charge in [0.1, 0.15) is 6.54 Å². The van der Waals surface area contributed by atoms with E-state index in [-0.39, 0.29) is 0 Å². The highest BCUT2D eigenvalue weighted by Crippen LogP contribution is 2.38. The van der Waals surface area contributed by atoms with E-state index in [1.165, 1.54) is 33.5 Å². The molecule has 0 aliphatic carbocycles. The minimum absolute atomic E-state index is 0.432. The second kappa shape index (κ2) is 7.78. The van der Waals surface area contributed by atoms with Gasteiger partial charge in [-0.3, -0.25) is 9.59 Å². The summed E-state index contributed by atoms with van der Waals surface area (Å²) in [6.45, 7) is -0.432. The molecule has 0 atom stereocenters. The summed E-state index contributed by atoms with van der Waals surface area (Å²) in [4.78, 5) is 21.7. The van der Waals surface area contributed by atoms with E-state index in [0.29, 0.717) is 22.8 Å². The molecule has 0 aromatic heterocycles. The summed E-state index contributed by atoms with van der Waals surface area (Å²) < 4.78 is 15.6. The van der Waals surface area contributed by atoms with Crippen LogP contribution in [0.2, 0.25) is 0 Å². The molecule has 0 heterocycles. The average molecular weight is 295 g/mol. The van der Waals surface area contributed by atoms with Crippen LogP contribution in [-0.4, -0.2) is 44.9 Å². The Labute approximate surface area is 122 Å². The van der Waals surface area contributed by atoms with Crippen LogP contribution in [-0.2, 0) is 9.59 Å². The molecule has 0 radical (unpaired) electrons. The van der Waals surface area contributed by atoms with Crippen molar-refractivity contribution in [2.45, 2.75) is 0 Å². The lowest BCUT2D eigenvalue weighted by atomic mass is 10.1. The fourth-order valence-electron chi connectivity index (χ4n) is 1.59. The number of amides is 1. The summed E-state index contributed by atoms with van der Waals surface area (Å²) in [5, 5.41) is 10.7. The Balaban J connectivity index is 2.93. The number of methoxy groups -OCH3 is 3. The van der Waals surface area contributed by atoms with Crippen LogP contribution < -0.4 is 19.5 Å². The molecule has 21 heavy (non-hydrogen) atoms. The van der Waals surface area contributed by atoms with E-state index in [4.69, 9.17) is 19.3 Å². The first-order chi connectivity index (χ1) is 10.0. The van der Waals surface area contributed by atoms with Gasteiger partial charge in [0.25, 0.3) is 0 Å². The molecule has 0 unspecified atom stereocenters. The zero-order valence-electron chi connectivity index (χ0n) is 12.0. The summed E-state index contributed by atoms with van der Waals surface area (Å²) in [5.41, 5.74) is 0.648. The predicted octanol–water partition coefficient (Wildman–Crippen LogP) is 0.926. The Morgan fingerprint density at radius 3 is 2.14 bits per heavy atom. The summed E-state index contributed by atoms with van der Waals surface area (Å²) in [6.07, 6.45) is 2.74. The third kappa shape index (κ3) is 4.72. The second-order valence-corrected chi connectivity index (χ2v) is 3.90. The molecule has 2 N–H and O–H groups in total. The van der Waals surface area contributed by atoms with Crippen molar-refractivity contribution < 1.29 is 28.9 Å². The van der Waals surface area contributed by atoms with Crippen molar-refractivity contribution in [3.63, 3.8) is 0 Å². The summed E-state index contributed by atoms with van der Waals surface area (Å²) in [5.74, 6) is -0.243. The second-order valence-electron chi connectivity index (χ2n) is 3.90. The van der Waals surface area contributed by atoms with Gasteiger partial charge < -0.3 is 24.6 Å². The van der Waals surface area contributed by atoms with Crippen molar-refractivity contribution in [2.75, 3.05) is 27.9 Å². The van der Waals surface area contributed by atoms with Crippen LogP contribution in [0.1, 0.15) is 5.56 Å². The highest BCUT2D eigenvalue weighted by Gasteiger charge is 2.12. The van der Waals surface area contributed by atoms with Gasteiger partial charge in [-0.15, -0.1) is 0 Å². The quantitative estimate of drug-likeness (QED) is 0.727. The Hall–Kier alpha value is -2.70. The number of hydrogen-bond donors (Lipinski definition) is 2. The fourth-order valence-corrected chi connectivity index (χ4v) is 1.59. The smallest absolute Gasteiger partial charge is 0.322 e. The normalized spacial score (nSPS) is 10.2. The molecule has 0 aliphatic heterocycles. The standard InChI is InChI=1S/C14H17NO6/c1-19-10-6-9(7-11(20-2)14(10)21-3)4-5-12(16)15-8-13(17)18/h4-7H,8H2,1-3H3,(H,15,16)(H,17,18)/b5-4+. The first-order valence-electron chi connectivity index (χ1n) is 5.99. The first kappa shape index (κ1) is 16.4. The molecule has 1 amide bonds. The van der Waals surface area contributed by atoms with Crippen molar-refractivity contribution >= 4 is 18.0 Å². The van der Waals surface area contributed by atoms with E-state index >= 15 is 0 Å². The van der Waals surface area contributed by atoms with Crippen LogP contribution in [0.15, 0.2) is 18.2 Å². The van der Waals surface area contributed by atoms with Crippen molar-refractivity contribution in [1.29, 1.82) is 0 Å². The maximum absolute atomic E-state index is 11.4. The van der Waals surface area contributed by atoms with E-state index in [2.05, 4.69) is 5.32 Å². The highest BCUT2D eigenvalue weighted by atomic mass is 16.5. The number of nitrogens with one attached hydrogen (secondary N) is 1. The maximum atomic E-state index is 11.4. The molecule has 0 saturated heterocycles. The lowest BCUT2D eigenvalue weighted by molar-refractivity contribution is -0.137. The Bertz CT molecular complexity index is 527. The van der Waals surface area contributed by atoms with Crippen LogP contribution in [0.5, 0.6) is 17.2 Å². The Kier molecular flexibility index (Phi) is 6.06. The maximum Gasteiger partial charge on any atom is 0.322 e. The molecule has 7 heteroatoms. The highest BCUT2D eigenvalue weighted by molar-refractivity contribution is 5.93. The number of aliphatic carboxylic acids is 1. The van der Waals surface area contributed by atoms with Crippen LogP contribution in [0.4, 0.5) is 0 Å². The van der Waals surface area contributed by atoms with Crippen LogP contribution in [0.25, 0.3) is 6.08 Å². The first-order valence-corrected chi connectivity index (χ1v) is 5.99. The monoisotopic (exact) mass is 295 g/mol. The topological polar surface area (TPSA) is 94.1 Å². The van der Waals surface area contributed by atoms with Gasteiger partial charge in [-0.05, 0) is 23.8 Å². The molecule has 0 saturated carbocycles. The molecule has 0 fully saturated rings. The number of hydrogen-bond acceptors (Lipinski definition) is 5. The predicted molar refractivity (Wildman–Crippen MR) is 75.8 cm³/mol. The fraction of sp³-hybridized carbons (Fsp3) is 0.286. The van der Waals surface area contributed by atoms with Gasteiger partial charge >= 0.3 is 5.97 Å². The van der Waals surface area contributed by atoms with Gasteiger partial charge in [-0.25, -0.2) is 0 Å². The average Bonchev–Trinajstić information content (AvgIpc) is 2.49. The molecule has 1 rings (SSSR count). The van der Waals surface area contributed by atoms with Gasteiger partial charge in [0.15, 0.2) is 11.5 Å². The Morgan fingerprint density at radius 2 is 1.71 bits per heavy atom. The molecule has 0 bridgehead atoms. The van der Waals surface area contributed by atoms with E-state index in [0.717, 1.165) is 0 Å². The summed E-state index contributed by atoms with van der Waals surface area (Å²) in [6, 6.07) is 3.34. The van der Waals surface area contributed by atoms with Crippen LogP contribution in [0, 0.1) is 0 Å². The van der Waals surface area contributed by atoms with Gasteiger partial charge in [0, 0.05) is 6.08 Å². The van der Waals surface area contributed by atoms with Gasteiger partial charge in [0.2, 0.25) is 11.7 Å². The van der Waals surface area contributed by atoms with E-state index in [1.807, 2.05) is 0 Å². The van der Waals surface area contributed by atoms with Gasteiger partial charge in [-0.1, -0.05) is 0 Å². The third-order valence-electron chi connectivity index (χ3n) is 2.53. The van der Waals surface area contributed by atoms with E-state index < -0.39 is 18.4 Å². The third-order valence-corrected chi connectivity index (χ3v) is 2.53. The van der Waals surface area contributed by atoms with Gasteiger partial charge in [0.05, 0.1) is 21.3 Å². The molecular weight excluding hydrogens is 278 g/mol. The SMILES string of the molecule is COc1cc(/C=C/C(=O)NCC(=O)O)cc(OC)c1OC. The molecule has 1 aromatic carbocycles. The number of ether oxygens (including phenoxy) is 3. The zero-order valence-corrected chi connectivity index (χ0v) is 12.0. The number of carbonyl (C=O) groups is 2. The lowest BCUT2D eigenvalue weighted by Crippen LogP contribution is -2.27. The molecule has 114 valence electrons. The number of rotatable bonds is 7. The molecule has 7 nitrogen and oxygen atoms in total. The Morgan fingerprint density at radius 1 is 1.14 bits per heavy atom. The number of carbonyl (C=O) groups excluding carboxylic acids is 1. The molecule has 0 spiro atoms. The minimum Gasteiger partial charge on any atom is -0.493 e. The minimum atomic E-state index is -1.11. The number of carboxylic acid groups (broad SMARTS) is 1. The van der Waals surface area contributed by atoms with Crippen LogP contribution in [0.3, 0.4) is 0 Å². The van der Waals surface area contributed by atoms with Crippen molar-refractivity contribution in [3.8, 4) is 17.2 Å². The zero-order chi connectivity index (χ0) is 15.8.